The molecule has 0 aliphatic heterocycles. The Morgan fingerprint density at radius 2 is 1.48 bits per heavy atom. The highest BCUT2D eigenvalue weighted by Crippen LogP contribution is 2.35. The summed E-state index contributed by atoms with van der Waals surface area (Å²) in [4.78, 5) is 22.8. The number of nitrogens with one attached hydrogen (secondary N) is 1. The third kappa shape index (κ3) is 3.98. The number of rotatable bonds is 5. The minimum atomic E-state index is -1.12. The molecule has 1 unspecified atom stereocenters. The van der Waals surface area contributed by atoms with Crippen LogP contribution in [0.3, 0.4) is 0 Å². The highest BCUT2D eigenvalue weighted by molar-refractivity contribution is 7.10. The third-order valence-corrected chi connectivity index (χ3v) is 5.34. The van der Waals surface area contributed by atoms with Gasteiger partial charge >= 0.3 is 12.1 Å². The van der Waals surface area contributed by atoms with Crippen molar-refractivity contribution in [3.05, 3.63) is 59.8 Å². The molecule has 6 nitrogen and oxygen atoms in total. The number of carboxylic acid groups (broad SMARTS) is 2. The second-order valence-electron chi connectivity index (χ2n) is 6.16. The van der Waals surface area contributed by atoms with Crippen molar-refractivity contribution in [1.29, 1.82) is 0 Å². The van der Waals surface area contributed by atoms with Crippen LogP contribution in [0, 0.1) is 6.92 Å². The van der Waals surface area contributed by atoms with Crippen LogP contribution in [0.1, 0.15) is 24.1 Å². The maximum absolute atomic E-state index is 11.1. The van der Waals surface area contributed by atoms with Crippen LogP contribution in [-0.4, -0.2) is 26.6 Å². The Morgan fingerprint density at radius 3 is 2.00 bits per heavy atom. The van der Waals surface area contributed by atoms with Crippen molar-refractivity contribution in [3.8, 4) is 21.6 Å². The second-order valence-corrected chi connectivity index (χ2v) is 6.93. The molecule has 0 saturated carbocycles. The van der Waals surface area contributed by atoms with E-state index in [2.05, 4.69) is 9.69 Å². The summed E-state index contributed by atoms with van der Waals surface area (Å²) in [5.41, 5.74) is 4.75. The number of amides is 1. The highest BCUT2D eigenvalue weighted by Gasteiger charge is 2.15. The number of carbonyl (C=O) groups is 2. The third-order valence-electron chi connectivity index (χ3n) is 4.36. The Hall–Kier alpha value is -3.19. The summed E-state index contributed by atoms with van der Waals surface area (Å²) in [7, 11) is 0. The van der Waals surface area contributed by atoms with E-state index < -0.39 is 18.0 Å². The van der Waals surface area contributed by atoms with Crippen molar-refractivity contribution in [2.24, 2.45) is 0 Å². The molecule has 0 radical (unpaired) electrons. The van der Waals surface area contributed by atoms with Gasteiger partial charge in [0.05, 0.1) is 22.2 Å². The van der Waals surface area contributed by atoms with Crippen LogP contribution in [-0.2, 0) is 4.79 Å². The Kier molecular flexibility index (Phi) is 5.23. The van der Waals surface area contributed by atoms with Crippen LogP contribution in [0.2, 0.25) is 0 Å². The quantitative estimate of drug-likeness (QED) is 0.572. The Morgan fingerprint density at radius 1 is 0.963 bits per heavy atom. The molecule has 2 aromatic carbocycles. The highest BCUT2D eigenvalue weighted by atomic mass is 32.1. The SMILES string of the molecule is Cc1nsc(-c2ccc(-c3ccc(C(C)C(=O)O)cc3)cc2)c1NC(=O)O. The first-order valence-electron chi connectivity index (χ1n) is 8.26. The molecule has 0 saturated heterocycles. The smallest absolute Gasteiger partial charge is 0.409 e. The molecular weight excluding hydrogens is 364 g/mol. The Balaban J connectivity index is 1.86. The van der Waals surface area contributed by atoms with Crippen LogP contribution in [0.15, 0.2) is 48.5 Å². The number of aryl methyl sites for hydroxylation is 1. The van der Waals surface area contributed by atoms with Crippen LogP contribution in [0.25, 0.3) is 21.6 Å². The molecule has 27 heavy (non-hydrogen) atoms. The lowest BCUT2D eigenvalue weighted by atomic mass is 9.97. The van der Waals surface area contributed by atoms with E-state index in [0.717, 1.165) is 27.1 Å². The van der Waals surface area contributed by atoms with E-state index in [1.54, 1.807) is 13.8 Å². The van der Waals surface area contributed by atoms with E-state index in [1.165, 1.54) is 11.5 Å². The number of hydrogen-bond acceptors (Lipinski definition) is 4. The van der Waals surface area contributed by atoms with Crippen molar-refractivity contribution in [2.45, 2.75) is 19.8 Å². The van der Waals surface area contributed by atoms with Crippen LogP contribution in [0.4, 0.5) is 10.5 Å². The summed E-state index contributed by atoms with van der Waals surface area (Å²) in [6, 6.07) is 15.2. The van der Waals surface area contributed by atoms with Gasteiger partial charge in [-0.05, 0) is 47.6 Å². The van der Waals surface area contributed by atoms with Gasteiger partial charge in [-0.15, -0.1) is 0 Å². The Bertz CT molecular complexity index is 978. The second kappa shape index (κ2) is 7.59. The number of carboxylic acids is 1. The zero-order valence-corrected chi connectivity index (χ0v) is 15.6. The van der Waals surface area contributed by atoms with E-state index in [1.807, 2.05) is 48.5 Å². The van der Waals surface area contributed by atoms with Gasteiger partial charge in [0, 0.05) is 0 Å². The normalized spacial score (nSPS) is 11.8. The van der Waals surface area contributed by atoms with Crippen LogP contribution >= 0.6 is 11.5 Å². The van der Waals surface area contributed by atoms with Gasteiger partial charge < -0.3 is 10.2 Å². The topological polar surface area (TPSA) is 99.5 Å². The fraction of sp³-hybridized carbons (Fsp3) is 0.150. The van der Waals surface area contributed by atoms with Gasteiger partial charge in [0.2, 0.25) is 0 Å². The summed E-state index contributed by atoms with van der Waals surface area (Å²) in [6.07, 6.45) is -1.12. The van der Waals surface area contributed by atoms with Gasteiger partial charge in [-0.3, -0.25) is 10.1 Å². The standard InChI is InChI=1S/C20H18N2O4S/c1-11(19(23)24)13-3-5-14(6-4-13)15-7-9-16(10-8-15)18-17(21-20(25)26)12(2)22-27-18/h3-11,21H,1-2H3,(H,23,24)(H,25,26). The lowest BCUT2D eigenvalue weighted by Crippen LogP contribution is -2.08. The summed E-state index contributed by atoms with van der Waals surface area (Å²) >= 11 is 1.25. The van der Waals surface area contributed by atoms with Gasteiger partial charge in [-0.25, -0.2) is 4.79 Å². The maximum atomic E-state index is 11.1. The molecule has 3 rings (SSSR count). The predicted octanol–water partition coefficient (Wildman–Crippen LogP) is 5.06. The number of hydrogen-bond donors (Lipinski definition) is 3. The number of benzene rings is 2. The largest absolute Gasteiger partial charge is 0.481 e. The zero-order valence-electron chi connectivity index (χ0n) is 14.8. The van der Waals surface area contributed by atoms with Crippen LogP contribution < -0.4 is 5.32 Å². The summed E-state index contributed by atoms with van der Waals surface area (Å²) < 4.78 is 4.23. The number of aromatic nitrogens is 1. The van der Waals surface area contributed by atoms with Crippen molar-refractivity contribution in [3.63, 3.8) is 0 Å². The van der Waals surface area contributed by atoms with E-state index in [9.17, 15) is 9.59 Å². The maximum Gasteiger partial charge on any atom is 0.409 e. The molecule has 0 bridgehead atoms. The Labute approximate surface area is 160 Å². The molecule has 1 heterocycles. The summed E-state index contributed by atoms with van der Waals surface area (Å²) in [5.74, 6) is -1.39. The van der Waals surface area contributed by atoms with Gasteiger partial charge in [0.1, 0.15) is 0 Å². The first-order valence-corrected chi connectivity index (χ1v) is 9.04. The lowest BCUT2D eigenvalue weighted by Gasteiger charge is -2.09. The fourth-order valence-corrected chi connectivity index (χ4v) is 3.59. The van der Waals surface area contributed by atoms with Gasteiger partial charge in [-0.2, -0.15) is 4.37 Å². The van der Waals surface area contributed by atoms with Gasteiger partial charge in [0.15, 0.2) is 0 Å². The summed E-state index contributed by atoms with van der Waals surface area (Å²) in [5, 5.41) is 20.5. The molecule has 1 atom stereocenters. The minimum absolute atomic E-state index is 0.507. The van der Waals surface area contributed by atoms with Crippen molar-refractivity contribution in [1.82, 2.24) is 4.37 Å². The molecule has 0 spiro atoms. The van der Waals surface area contributed by atoms with Crippen LogP contribution in [0.5, 0.6) is 0 Å². The molecule has 138 valence electrons. The predicted molar refractivity (Wildman–Crippen MR) is 105 cm³/mol. The van der Waals surface area contributed by atoms with E-state index in [-0.39, 0.29) is 0 Å². The van der Waals surface area contributed by atoms with E-state index >= 15 is 0 Å². The average Bonchev–Trinajstić information content (AvgIpc) is 3.01. The number of nitrogens with zero attached hydrogens (tertiary/aromatic N) is 1. The molecule has 0 aliphatic carbocycles. The van der Waals surface area contributed by atoms with Crippen molar-refractivity contribution >= 4 is 29.3 Å². The first kappa shape index (κ1) is 18.6. The van der Waals surface area contributed by atoms with Gasteiger partial charge in [0.25, 0.3) is 0 Å². The van der Waals surface area contributed by atoms with Crippen molar-refractivity contribution in [2.75, 3.05) is 5.32 Å². The van der Waals surface area contributed by atoms with E-state index in [0.29, 0.717) is 11.4 Å². The summed E-state index contributed by atoms with van der Waals surface area (Å²) in [6.45, 7) is 3.42. The first-order chi connectivity index (χ1) is 12.9. The molecule has 0 fully saturated rings. The minimum Gasteiger partial charge on any atom is -0.481 e. The number of aliphatic carboxylic acids is 1. The molecule has 3 aromatic rings. The molecule has 7 heteroatoms. The molecular formula is C20H18N2O4S. The van der Waals surface area contributed by atoms with Crippen molar-refractivity contribution < 1.29 is 19.8 Å². The average molecular weight is 382 g/mol. The molecule has 3 N–H and O–H groups in total. The monoisotopic (exact) mass is 382 g/mol. The van der Waals surface area contributed by atoms with E-state index in [4.69, 9.17) is 10.2 Å². The lowest BCUT2D eigenvalue weighted by molar-refractivity contribution is -0.138. The molecule has 1 aromatic heterocycles. The number of anilines is 1. The van der Waals surface area contributed by atoms with Gasteiger partial charge in [-0.1, -0.05) is 48.5 Å². The fourth-order valence-electron chi connectivity index (χ4n) is 2.74. The molecule has 1 amide bonds. The zero-order chi connectivity index (χ0) is 19.6. The molecule has 0 aliphatic rings.